The Balaban J connectivity index is 1.53. The summed E-state index contributed by atoms with van der Waals surface area (Å²) in [6.07, 6.45) is 3.24. The summed E-state index contributed by atoms with van der Waals surface area (Å²) in [5.41, 5.74) is 0.125. The van der Waals surface area contributed by atoms with Gasteiger partial charge in [0.05, 0.1) is 11.0 Å². The van der Waals surface area contributed by atoms with E-state index in [2.05, 4.69) is 15.6 Å². The summed E-state index contributed by atoms with van der Waals surface area (Å²) in [5, 5.41) is 7.04. The van der Waals surface area contributed by atoms with Crippen molar-refractivity contribution < 1.29 is 18.7 Å². The average molecular weight is 321 g/mol. The first-order valence-electron chi connectivity index (χ1n) is 6.92. The molecule has 0 spiro atoms. The fourth-order valence-corrected chi connectivity index (χ4v) is 2.72. The summed E-state index contributed by atoms with van der Waals surface area (Å²) in [5.74, 6) is -0.668. The van der Waals surface area contributed by atoms with Crippen LogP contribution in [0.5, 0.6) is 0 Å². The lowest BCUT2D eigenvalue weighted by atomic mass is 10.2. The van der Waals surface area contributed by atoms with Crippen molar-refractivity contribution in [3.63, 3.8) is 0 Å². The Labute approximate surface area is 130 Å². The van der Waals surface area contributed by atoms with E-state index < -0.39 is 0 Å². The van der Waals surface area contributed by atoms with Crippen LogP contribution in [0.4, 0.5) is 6.01 Å². The van der Waals surface area contributed by atoms with Crippen LogP contribution in [0.2, 0.25) is 0 Å². The van der Waals surface area contributed by atoms with Gasteiger partial charge < -0.3 is 14.5 Å². The Kier molecular flexibility index (Phi) is 4.50. The van der Waals surface area contributed by atoms with Gasteiger partial charge in [0.25, 0.3) is 11.8 Å². The third kappa shape index (κ3) is 3.52. The highest BCUT2D eigenvalue weighted by atomic mass is 32.1. The molecule has 0 radical (unpaired) electrons. The molecule has 116 valence electrons. The van der Waals surface area contributed by atoms with Gasteiger partial charge in [-0.15, -0.1) is 11.3 Å². The molecule has 1 saturated heterocycles. The van der Waals surface area contributed by atoms with Gasteiger partial charge in [0.2, 0.25) is 0 Å². The molecule has 22 heavy (non-hydrogen) atoms. The van der Waals surface area contributed by atoms with E-state index in [0.29, 0.717) is 11.4 Å². The quantitative estimate of drug-likeness (QED) is 0.877. The van der Waals surface area contributed by atoms with E-state index in [4.69, 9.17) is 9.15 Å². The van der Waals surface area contributed by atoms with Crippen molar-refractivity contribution in [2.75, 3.05) is 18.5 Å². The normalized spacial score (nSPS) is 17.4. The lowest BCUT2D eigenvalue weighted by Gasteiger charge is -2.09. The highest BCUT2D eigenvalue weighted by molar-refractivity contribution is 7.12. The Morgan fingerprint density at radius 3 is 3.05 bits per heavy atom. The predicted molar refractivity (Wildman–Crippen MR) is 80.1 cm³/mol. The number of rotatable bonds is 5. The molecule has 1 fully saturated rings. The Morgan fingerprint density at radius 1 is 1.41 bits per heavy atom. The molecule has 1 unspecified atom stereocenters. The molecule has 1 aliphatic heterocycles. The number of hydrogen-bond acceptors (Lipinski definition) is 6. The van der Waals surface area contributed by atoms with E-state index in [1.165, 1.54) is 17.6 Å². The van der Waals surface area contributed by atoms with Crippen LogP contribution in [0.3, 0.4) is 0 Å². The molecule has 7 nitrogen and oxygen atoms in total. The fourth-order valence-electron chi connectivity index (χ4n) is 2.10. The maximum absolute atomic E-state index is 11.9. The van der Waals surface area contributed by atoms with Crippen LogP contribution < -0.4 is 10.6 Å². The first-order valence-corrected chi connectivity index (χ1v) is 7.80. The average Bonchev–Trinajstić information content (AvgIpc) is 3.25. The van der Waals surface area contributed by atoms with Gasteiger partial charge in [-0.2, -0.15) is 4.98 Å². The number of thiophene rings is 1. The van der Waals surface area contributed by atoms with Crippen LogP contribution in [0.1, 0.15) is 33.0 Å². The minimum atomic E-state index is -0.351. The molecule has 2 aromatic rings. The monoisotopic (exact) mass is 321 g/mol. The van der Waals surface area contributed by atoms with Crippen LogP contribution in [0.15, 0.2) is 28.2 Å². The molecule has 1 atom stereocenters. The standard InChI is InChI=1S/C14H15N3O4S/c18-12(15-7-9-3-1-5-20-9)10-8-21-14(16-10)17-13(19)11-4-2-6-22-11/h2,4,6,8-9H,1,3,5,7H2,(H,15,18)(H,16,17,19). The van der Waals surface area contributed by atoms with Crippen LogP contribution in [-0.2, 0) is 4.74 Å². The molecule has 8 heteroatoms. The first kappa shape index (κ1) is 14.7. The summed E-state index contributed by atoms with van der Waals surface area (Å²) in [6.45, 7) is 1.19. The number of aromatic nitrogens is 1. The molecule has 2 aromatic heterocycles. The van der Waals surface area contributed by atoms with Gasteiger partial charge in [0.1, 0.15) is 6.26 Å². The van der Waals surface area contributed by atoms with Crippen molar-refractivity contribution in [2.45, 2.75) is 18.9 Å². The van der Waals surface area contributed by atoms with Crippen LogP contribution in [0.25, 0.3) is 0 Å². The number of nitrogens with one attached hydrogen (secondary N) is 2. The van der Waals surface area contributed by atoms with Crippen LogP contribution in [0, 0.1) is 0 Å². The van der Waals surface area contributed by atoms with E-state index in [9.17, 15) is 9.59 Å². The molecule has 2 amide bonds. The predicted octanol–water partition coefficient (Wildman–Crippen LogP) is 1.90. The van der Waals surface area contributed by atoms with Crippen molar-refractivity contribution in [3.8, 4) is 0 Å². The number of amides is 2. The van der Waals surface area contributed by atoms with Crippen molar-refractivity contribution >= 4 is 29.2 Å². The maximum atomic E-state index is 11.9. The minimum absolute atomic E-state index is 0.000617. The Morgan fingerprint density at radius 2 is 2.32 bits per heavy atom. The maximum Gasteiger partial charge on any atom is 0.302 e. The van der Waals surface area contributed by atoms with E-state index in [0.717, 1.165) is 19.4 Å². The SMILES string of the molecule is O=C(NCC1CCCO1)c1coc(NC(=O)c2cccs2)n1. The molecular formula is C14H15N3O4S. The van der Waals surface area contributed by atoms with E-state index in [-0.39, 0.29) is 29.6 Å². The van der Waals surface area contributed by atoms with Gasteiger partial charge in [0, 0.05) is 13.2 Å². The zero-order valence-electron chi connectivity index (χ0n) is 11.7. The molecule has 1 aliphatic rings. The van der Waals surface area contributed by atoms with Gasteiger partial charge in [-0.1, -0.05) is 6.07 Å². The molecule has 0 aliphatic carbocycles. The third-order valence-electron chi connectivity index (χ3n) is 3.22. The summed E-state index contributed by atoms with van der Waals surface area (Å²) >= 11 is 1.31. The van der Waals surface area contributed by atoms with Crippen molar-refractivity contribution in [1.29, 1.82) is 0 Å². The lowest BCUT2D eigenvalue weighted by Crippen LogP contribution is -2.31. The highest BCUT2D eigenvalue weighted by Gasteiger charge is 2.19. The molecule has 3 rings (SSSR count). The zero-order chi connectivity index (χ0) is 15.4. The number of anilines is 1. The molecule has 0 aromatic carbocycles. The topological polar surface area (TPSA) is 93.5 Å². The fraction of sp³-hybridized carbons (Fsp3) is 0.357. The van der Waals surface area contributed by atoms with E-state index in [1.54, 1.807) is 17.5 Å². The second-order valence-corrected chi connectivity index (χ2v) is 5.76. The smallest absolute Gasteiger partial charge is 0.302 e. The van der Waals surface area contributed by atoms with Crippen LogP contribution >= 0.6 is 11.3 Å². The summed E-state index contributed by atoms with van der Waals surface area (Å²) in [6, 6.07) is 3.47. The molecule has 2 N–H and O–H groups in total. The van der Waals surface area contributed by atoms with Gasteiger partial charge >= 0.3 is 6.01 Å². The summed E-state index contributed by atoms with van der Waals surface area (Å²) in [7, 11) is 0. The lowest BCUT2D eigenvalue weighted by molar-refractivity contribution is 0.0853. The minimum Gasteiger partial charge on any atom is -0.431 e. The van der Waals surface area contributed by atoms with Crippen molar-refractivity contribution in [2.24, 2.45) is 0 Å². The Bertz CT molecular complexity index is 647. The highest BCUT2D eigenvalue weighted by Crippen LogP contribution is 2.14. The van der Waals surface area contributed by atoms with Gasteiger partial charge in [0.15, 0.2) is 5.69 Å². The van der Waals surface area contributed by atoms with Gasteiger partial charge in [-0.3, -0.25) is 14.9 Å². The zero-order valence-corrected chi connectivity index (χ0v) is 12.5. The van der Waals surface area contributed by atoms with Crippen molar-refractivity contribution in [1.82, 2.24) is 10.3 Å². The van der Waals surface area contributed by atoms with E-state index in [1.807, 2.05) is 0 Å². The number of oxazole rings is 1. The van der Waals surface area contributed by atoms with Gasteiger partial charge in [-0.25, -0.2) is 0 Å². The molecule has 0 bridgehead atoms. The molecule has 3 heterocycles. The molecular weight excluding hydrogens is 306 g/mol. The van der Waals surface area contributed by atoms with Crippen molar-refractivity contribution in [3.05, 3.63) is 34.3 Å². The number of nitrogens with zero attached hydrogens (tertiary/aromatic N) is 1. The number of ether oxygens (including phenoxy) is 1. The number of carbonyl (C=O) groups is 2. The van der Waals surface area contributed by atoms with E-state index >= 15 is 0 Å². The summed E-state index contributed by atoms with van der Waals surface area (Å²) in [4.78, 5) is 28.3. The number of hydrogen-bond donors (Lipinski definition) is 2. The first-order chi connectivity index (χ1) is 10.7. The van der Waals surface area contributed by atoms with Gasteiger partial charge in [-0.05, 0) is 24.3 Å². The number of carbonyl (C=O) groups excluding carboxylic acids is 2. The third-order valence-corrected chi connectivity index (χ3v) is 4.09. The second kappa shape index (κ2) is 6.71. The Hall–Kier alpha value is -2.19. The van der Waals surface area contributed by atoms with Crippen LogP contribution in [-0.4, -0.2) is 36.1 Å². The second-order valence-electron chi connectivity index (χ2n) is 4.81. The summed E-state index contributed by atoms with van der Waals surface area (Å²) < 4.78 is 10.5. The molecule has 0 saturated carbocycles. The largest absolute Gasteiger partial charge is 0.431 e.